The van der Waals surface area contributed by atoms with E-state index in [-0.39, 0.29) is 0 Å². The van der Waals surface area contributed by atoms with Gasteiger partial charge in [0.2, 0.25) is 0 Å². The van der Waals surface area contributed by atoms with Crippen molar-refractivity contribution in [3.8, 4) is 22.3 Å². The molecule has 0 aliphatic carbocycles. The van der Waals surface area contributed by atoms with E-state index in [1.165, 1.54) is 79.3 Å². The number of thiophene rings is 2. The van der Waals surface area contributed by atoms with Gasteiger partial charge in [0.25, 0.3) is 0 Å². The lowest BCUT2D eigenvalue weighted by molar-refractivity contribution is 1.29. The molecule has 0 saturated heterocycles. The van der Waals surface area contributed by atoms with E-state index in [4.69, 9.17) is 0 Å². The Balaban J connectivity index is 1.19. The molecule has 0 atom stereocenters. The van der Waals surface area contributed by atoms with Crippen LogP contribution < -0.4 is 9.80 Å². The number of benzene rings is 9. The molecule has 0 saturated carbocycles. The van der Waals surface area contributed by atoms with Gasteiger partial charge in [-0.05, 0) is 140 Å². The molecule has 0 N–H and O–H groups in total. The topological polar surface area (TPSA) is 6.48 Å². The van der Waals surface area contributed by atoms with Crippen molar-refractivity contribution in [3.63, 3.8) is 0 Å². The maximum absolute atomic E-state index is 2.45. The molecule has 0 bridgehead atoms. The van der Waals surface area contributed by atoms with Crippen molar-refractivity contribution in [2.24, 2.45) is 0 Å². The van der Waals surface area contributed by atoms with Crippen LogP contribution in [0.4, 0.5) is 34.1 Å². The smallest absolute Gasteiger partial charge is 0.0475 e. The summed E-state index contributed by atoms with van der Waals surface area (Å²) in [6, 6.07) is 73.4. The number of para-hydroxylation sites is 4. The van der Waals surface area contributed by atoms with Gasteiger partial charge in [0.15, 0.2) is 0 Å². The van der Waals surface area contributed by atoms with E-state index in [1.54, 1.807) is 0 Å². The fourth-order valence-corrected chi connectivity index (χ4v) is 11.8. The van der Waals surface area contributed by atoms with Gasteiger partial charge in [-0.3, -0.25) is 0 Å². The molecule has 0 amide bonds. The Kier molecular flexibility index (Phi) is 9.26. The SMILES string of the molecule is Cc1cc(-c2cc(N(c3ccccc3)c3ccccc3)cc3c2sc2cccc(C)c23)cc(-c2cc(N(c3ccccc3)c3ccccc3)cc3c2sc2cccc(C)c23)c1. The van der Waals surface area contributed by atoms with Crippen LogP contribution in [0.25, 0.3) is 62.6 Å². The van der Waals surface area contributed by atoms with Gasteiger partial charge in [-0.25, -0.2) is 0 Å². The van der Waals surface area contributed by atoms with Crippen molar-refractivity contribution in [2.75, 3.05) is 9.80 Å². The summed E-state index contributed by atoms with van der Waals surface area (Å²) in [5.74, 6) is 0. The van der Waals surface area contributed by atoms with Crippen molar-refractivity contribution < 1.29 is 0 Å². The van der Waals surface area contributed by atoms with Crippen LogP contribution in [0.2, 0.25) is 0 Å². The van der Waals surface area contributed by atoms with Crippen LogP contribution in [0, 0.1) is 20.8 Å². The molecule has 292 valence electrons. The maximum Gasteiger partial charge on any atom is 0.0475 e. The highest BCUT2D eigenvalue weighted by molar-refractivity contribution is 7.26. The number of hydrogen-bond donors (Lipinski definition) is 0. The standard InChI is InChI=1S/C57H42N2S2/c1-37-30-40(48-33-46(35-50-54-38(2)18-16-28-52(54)60-56(48)50)58(42-20-8-4-9-21-42)43-22-10-5-11-23-43)32-41(31-37)49-34-47(36-51-55-39(3)19-17-29-53(55)61-57(49)51)59(44-24-12-6-13-25-44)45-26-14-7-15-27-45/h4-36H,1-3H3. The summed E-state index contributed by atoms with van der Waals surface area (Å²) in [7, 11) is 0. The van der Waals surface area contributed by atoms with Crippen LogP contribution in [0.1, 0.15) is 16.7 Å². The lowest BCUT2D eigenvalue weighted by Crippen LogP contribution is -2.10. The van der Waals surface area contributed by atoms with Crippen LogP contribution in [-0.4, -0.2) is 0 Å². The van der Waals surface area contributed by atoms with Crippen molar-refractivity contribution in [1.82, 2.24) is 0 Å². The number of anilines is 6. The second-order valence-electron chi connectivity index (χ2n) is 15.9. The summed E-state index contributed by atoms with van der Waals surface area (Å²) < 4.78 is 5.23. The summed E-state index contributed by atoms with van der Waals surface area (Å²) in [5.41, 5.74) is 15.5. The van der Waals surface area contributed by atoms with Crippen LogP contribution in [-0.2, 0) is 0 Å². The molecule has 0 aliphatic rings. The van der Waals surface area contributed by atoms with Crippen LogP contribution in [0.15, 0.2) is 200 Å². The molecule has 61 heavy (non-hydrogen) atoms. The minimum absolute atomic E-state index is 1.13. The highest BCUT2D eigenvalue weighted by Crippen LogP contribution is 2.49. The zero-order chi connectivity index (χ0) is 41.0. The Labute approximate surface area is 364 Å². The van der Waals surface area contributed by atoms with Gasteiger partial charge in [-0.1, -0.05) is 109 Å². The van der Waals surface area contributed by atoms with Gasteiger partial charge in [-0.2, -0.15) is 0 Å². The Morgan fingerprint density at radius 1 is 0.328 bits per heavy atom. The molecule has 2 heterocycles. The first kappa shape index (κ1) is 37.1. The fourth-order valence-electron chi connectivity index (χ4n) is 9.16. The predicted octanol–water partition coefficient (Wildman–Crippen LogP) is 17.6. The van der Waals surface area contributed by atoms with E-state index in [0.717, 1.165) is 34.1 Å². The molecule has 11 aromatic rings. The average Bonchev–Trinajstić information content (AvgIpc) is 3.87. The molecule has 0 unspecified atom stereocenters. The van der Waals surface area contributed by atoms with E-state index in [2.05, 4.69) is 231 Å². The summed E-state index contributed by atoms with van der Waals surface area (Å²) in [6.07, 6.45) is 0. The fraction of sp³-hybridized carbons (Fsp3) is 0.0526. The second-order valence-corrected chi connectivity index (χ2v) is 18.0. The second kappa shape index (κ2) is 15.2. The van der Waals surface area contributed by atoms with Crippen molar-refractivity contribution >= 4 is 97.1 Å². The number of aryl methyl sites for hydroxylation is 3. The molecule has 9 aromatic carbocycles. The van der Waals surface area contributed by atoms with Gasteiger partial charge in [0.1, 0.15) is 0 Å². The molecule has 0 spiro atoms. The van der Waals surface area contributed by atoms with Crippen molar-refractivity contribution in [3.05, 3.63) is 217 Å². The summed E-state index contributed by atoms with van der Waals surface area (Å²) in [4.78, 5) is 4.80. The first-order valence-corrected chi connectivity index (χ1v) is 22.5. The Morgan fingerprint density at radius 2 is 0.689 bits per heavy atom. The van der Waals surface area contributed by atoms with E-state index in [1.807, 2.05) is 22.7 Å². The lowest BCUT2D eigenvalue weighted by Gasteiger charge is -2.27. The number of rotatable bonds is 8. The van der Waals surface area contributed by atoms with E-state index >= 15 is 0 Å². The van der Waals surface area contributed by atoms with Gasteiger partial charge in [0, 0.05) is 85.6 Å². The van der Waals surface area contributed by atoms with Crippen LogP contribution in [0.5, 0.6) is 0 Å². The summed E-state index contributed by atoms with van der Waals surface area (Å²) >= 11 is 3.80. The molecule has 2 aromatic heterocycles. The Bertz CT molecular complexity index is 3080. The monoisotopic (exact) mass is 818 g/mol. The van der Waals surface area contributed by atoms with Gasteiger partial charge in [-0.15, -0.1) is 22.7 Å². The van der Waals surface area contributed by atoms with Gasteiger partial charge >= 0.3 is 0 Å². The third kappa shape index (κ3) is 6.56. The van der Waals surface area contributed by atoms with E-state index in [9.17, 15) is 0 Å². The Hall–Kier alpha value is -6.98. The molecule has 2 nitrogen and oxygen atoms in total. The summed E-state index contributed by atoms with van der Waals surface area (Å²) in [6.45, 7) is 6.74. The highest BCUT2D eigenvalue weighted by atomic mass is 32.1. The first-order valence-electron chi connectivity index (χ1n) is 20.8. The number of fused-ring (bicyclic) bond motifs is 6. The van der Waals surface area contributed by atoms with E-state index in [0.29, 0.717) is 0 Å². The summed E-state index contributed by atoms with van der Waals surface area (Å²) in [5, 5.41) is 5.24. The number of nitrogens with zero attached hydrogens (tertiary/aromatic N) is 2. The zero-order valence-electron chi connectivity index (χ0n) is 34.3. The first-order chi connectivity index (χ1) is 30.0. The molecule has 0 radical (unpaired) electrons. The van der Waals surface area contributed by atoms with Gasteiger partial charge < -0.3 is 9.80 Å². The van der Waals surface area contributed by atoms with Crippen molar-refractivity contribution in [1.29, 1.82) is 0 Å². The third-order valence-corrected chi connectivity index (χ3v) is 14.3. The third-order valence-electron chi connectivity index (χ3n) is 11.9. The normalized spacial score (nSPS) is 11.5. The molecule has 0 fully saturated rings. The number of hydrogen-bond acceptors (Lipinski definition) is 4. The predicted molar refractivity (Wildman–Crippen MR) is 267 cm³/mol. The quantitative estimate of drug-likeness (QED) is 0.151. The largest absolute Gasteiger partial charge is 0.310 e. The molecule has 0 aliphatic heterocycles. The van der Waals surface area contributed by atoms with Gasteiger partial charge in [0.05, 0.1) is 0 Å². The average molecular weight is 819 g/mol. The lowest BCUT2D eigenvalue weighted by atomic mass is 9.93. The minimum Gasteiger partial charge on any atom is -0.310 e. The maximum atomic E-state index is 2.45. The molecular weight excluding hydrogens is 777 g/mol. The van der Waals surface area contributed by atoms with Crippen molar-refractivity contribution in [2.45, 2.75) is 20.8 Å². The molecular formula is C57H42N2S2. The van der Waals surface area contributed by atoms with Crippen LogP contribution in [0.3, 0.4) is 0 Å². The minimum atomic E-state index is 1.13. The highest BCUT2D eigenvalue weighted by Gasteiger charge is 2.22. The molecule has 11 rings (SSSR count). The van der Waals surface area contributed by atoms with Crippen LogP contribution >= 0.6 is 22.7 Å². The van der Waals surface area contributed by atoms with E-state index < -0.39 is 0 Å². The zero-order valence-corrected chi connectivity index (χ0v) is 35.9. The Morgan fingerprint density at radius 3 is 1.05 bits per heavy atom. The molecule has 4 heteroatoms.